The molecule has 17 heavy (non-hydrogen) atoms. The van der Waals surface area contributed by atoms with Crippen LogP contribution in [0.4, 0.5) is 0 Å². The van der Waals surface area contributed by atoms with Crippen LogP contribution in [-0.2, 0) is 4.79 Å². The maximum absolute atomic E-state index is 10.8. The molecule has 1 N–H and O–H groups in total. The number of hydrogen-bond donors (Lipinski definition) is 1. The first-order chi connectivity index (χ1) is 7.91. The van der Waals surface area contributed by atoms with Crippen LogP contribution in [0.5, 0.6) is 0 Å². The second-order valence-electron chi connectivity index (χ2n) is 4.54. The Morgan fingerprint density at radius 3 is 2.29 bits per heavy atom. The molecule has 0 saturated heterocycles. The van der Waals surface area contributed by atoms with E-state index in [1.807, 2.05) is 50.2 Å². The number of hydrogen-bond acceptors (Lipinski definition) is 2. The van der Waals surface area contributed by atoms with Crippen molar-refractivity contribution in [3.63, 3.8) is 0 Å². The molecule has 3 nitrogen and oxygen atoms in total. The average molecular weight is 256 g/mol. The topological polar surface area (TPSA) is 40.5 Å². The van der Waals surface area contributed by atoms with Gasteiger partial charge in [-0.15, -0.1) is 0 Å². The molecule has 0 aromatic heterocycles. The molecule has 0 bridgehead atoms. The van der Waals surface area contributed by atoms with Crippen molar-refractivity contribution in [2.45, 2.75) is 19.4 Å². The van der Waals surface area contributed by atoms with E-state index in [-0.39, 0.29) is 18.4 Å². The fraction of sp³-hybridized carbons (Fsp3) is 0.462. The summed E-state index contributed by atoms with van der Waals surface area (Å²) < 4.78 is 0. The van der Waals surface area contributed by atoms with Crippen molar-refractivity contribution in [3.8, 4) is 0 Å². The third-order valence-corrected chi connectivity index (χ3v) is 3.06. The molecule has 4 heteroatoms. The zero-order chi connectivity index (χ0) is 13.0. The molecule has 0 aliphatic carbocycles. The fourth-order valence-electron chi connectivity index (χ4n) is 2.18. The normalized spacial score (nSPS) is 14.6. The van der Waals surface area contributed by atoms with Crippen molar-refractivity contribution in [3.05, 3.63) is 34.9 Å². The fourth-order valence-corrected chi connectivity index (χ4v) is 2.31. The molecule has 0 saturated carbocycles. The van der Waals surface area contributed by atoms with Gasteiger partial charge in [0.1, 0.15) is 0 Å². The third-order valence-electron chi connectivity index (χ3n) is 2.80. The molecule has 0 heterocycles. The molecule has 2 atom stereocenters. The predicted octanol–water partition coefficient (Wildman–Crippen LogP) is 3.05. The first-order valence-corrected chi connectivity index (χ1v) is 5.93. The van der Waals surface area contributed by atoms with Crippen molar-refractivity contribution in [2.24, 2.45) is 5.92 Å². The summed E-state index contributed by atoms with van der Waals surface area (Å²) in [4.78, 5) is 12.8. The number of carboxylic acids is 1. The monoisotopic (exact) mass is 255 g/mol. The van der Waals surface area contributed by atoms with Crippen LogP contribution in [-0.4, -0.2) is 30.1 Å². The summed E-state index contributed by atoms with van der Waals surface area (Å²) in [6, 6.07) is 7.65. The van der Waals surface area contributed by atoms with Gasteiger partial charge >= 0.3 is 5.97 Å². The van der Waals surface area contributed by atoms with Gasteiger partial charge in [-0.25, -0.2) is 0 Å². The van der Waals surface area contributed by atoms with Gasteiger partial charge in [0.15, 0.2) is 0 Å². The van der Waals surface area contributed by atoms with Gasteiger partial charge in [-0.3, -0.25) is 4.79 Å². The highest BCUT2D eigenvalue weighted by Crippen LogP contribution is 2.29. The molecule has 0 radical (unpaired) electrons. The molecular weight excluding hydrogens is 238 g/mol. The smallest absolute Gasteiger partial charge is 0.303 e. The lowest BCUT2D eigenvalue weighted by Crippen LogP contribution is -2.27. The van der Waals surface area contributed by atoms with Crippen LogP contribution in [0.25, 0.3) is 0 Å². The number of halogens is 1. The standard InChI is InChI=1S/C13H18ClNO2/c1-9(8-12(16)17)13(15(2)3)10-4-6-11(14)7-5-10/h4-7,9,13H,8H2,1-3H3,(H,16,17). The largest absolute Gasteiger partial charge is 0.481 e. The van der Waals surface area contributed by atoms with Crippen LogP contribution in [0.1, 0.15) is 24.9 Å². The van der Waals surface area contributed by atoms with Gasteiger partial charge in [-0.2, -0.15) is 0 Å². The van der Waals surface area contributed by atoms with E-state index in [0.29, 0.717) is 5.02 Å². The van der Waals surface area contributed by atoms with Crippen molar-refractivity contribution in [2.75, 3.05) is 14.1 Å². The number of rotatable bonds is 5. The van der Waals surface area contributed by atoms with Crippen LogP contribution < -0.4 is 0 Å². The molecule has 1 rings (SSSR count). The number of carbonyl (C=O) groups is 1. The van der Waals surface area contributed by atoms with E-state index in [0.717, 1.165) is 5.56 Å². The van der Waals surface area contributed by atoms with Gasteiger partial charge in [0, 0.05) is 17.5 Å². The lowest BCUT2D eigenvalue weighted by Gasteiger charge is -2.29. The Morgan fingerprint density at radius 1 is 1.35 bits per heavy atom. The SMILES string of the molecule is CC(CC(=O)O)C(c1ccc(Cl)cc1)N(C)C. The Morgan fingerprint density at radius 2 is 1.88 bits per heavy atom. The summed E-state index contributed by atoms with van der Waals surface area (Å²) in [7, 11) is 3.91. The van der Waals surface area contributed by atoms with E-state index in [1.54, 1.807) is 0 Å². The highest BCUT2D eigenvalue weighted by molar-refractivity contribution is 6.30. The lowest BCUT2D eigenvalue weighted by atomic mass is 9.91. The molecule has 1 aromatic carbocycles. The zero-order valence-corrected chi connectivity index (χ0v) is 11.1. The Balaban J connectivity index is 2.92. The van der Waals surface area contributed by atoms with E-state index in [4.69, 9.17) is 16.7 Å². The van der Waals surface area contributed by atoms with Crippen LogP contribution in [0.2, 0.25) is 5.02 Å². The summed E-state index contributed by atoms with van der Waals surface area (Å²) in [5.74, 6) is -0.720. The van der Waals surface area contributed by atoms with E-state index in [2.05, 4.69) is 0 Å². The van der Waals surface area contributed by atoms with Gasteiger partial charge in [0.2, 0.25) is 0 Å². The molecule has 0 aliphatic rings. The van der Waals surface area contributed by atoms with Gasteiger partial charge in [0.05, 0.1) is 0 Å². The van der Waals surface area contributed by atoms with E-state index >= 15 is 0 Å². The Labute approximate surface area is 107 Å². The molecule has 0 fully saturated rings. The highest BCUT2D eigenvalue weighted by atomic mass is 35.5. The van der Waals surface area contributed by atoms with Crippen LogP contribution in [0.15, 0.2) is 24.3 Å². The lowest BCUT2D eigenvalue weighted by molar-refractivity contribution is -0.138. The van der Waals surface area contributed by atoms with Crippen molar-refractivity contribution in [1.82, 2.24) is 4.90 Å². The van der Waals surface area contributed by atoms with Gasteiger partial charge in [-0.1, -0.05) is 30.7 Å². The Bertz CT molecular complexity index is 376. The number of aliphatic carboxylic acids is 1. The molecular formula is C13H18ClNO2. The quantitative estimate of drug-likeness (QED) is 0.879. The van der Waals surface area contributed by atoms with Crippen molar-refractivity contribution < 1.29 is 9.90 Å². The van der Waals surface area contributed by atoms with Gasteiger partial charge in [0.25, 0.3) is 0 Å². The molecule has 0 amide bonds. The van der Waals surface area contributed by atoms with Crippen LogP contribution in [0.3, 0.4) is 0 Å². The number of benzene rings is 1. The summed E-state index contributed by atoms with van der Waals surface area (Å²) >= 11 is 5.85. The predicted molar refractivity (Wildman–Crippen MR) is 69.3 cm³/mol. The second kappa shape index (κ2) is 6.03. The minimum absolute atomic E-state index is 0.0451. The summed E-state index contributed by atoms with van der Waals surface area (Å²) in [5.41, 5.74) is 1.09. The first kappa shape index (κ1) is 14.0. The van der Waals surface area contributed by atoms with Crippen LogP contribution >= 0.6 is 11.6 Å². The van der Waals surface area contributed by atoms with Gasteiger partial charge < -0.3 is 10.0 Å². The second-order valence-corrected chi connectivity index (χ2v) is 4.97. The van der Waals surface area contributed by atoms with E-state index in [9.17, 15) is 4.79 Å². The molecule has 2 unspecified atom stereocenters. The third kappa shape index (κ3) is 4.02. The van der Waals surface area contributed by atoms with Crippen molar-refractivity contribution in [1.29, 1.82) is 0 Å². The van der Waals surface area contributed by atoms with Gasteiger partial charge in [-0.05, 0) is 37.7 Å². The Kier molecular flexibility index (Phi) is 4.97. The summed E-state index contributed by atoms with van der Waals surface area (Å²) in [6.45, 7) is 1.95. The van der Waals surface area contributed by atoms with E-state index in [1.165, 1.54) is 0 Å². The maximum atomic E-state index is 10.8. The van der Waals surface area contributed by atoms with Crippen molar-refractivity contribution >= 4 is 17.6 Å². The highest BCUT2D eigenvalue weighted by Gasteiger charge is 2.23. The maximum Gasteiger partial charge on any atom is 0.303 e. The summed E-state index contributed by atoms with van der Waals surface area (Å²) in [6.07, 6.45) is 0.158. The number of nitrogens with zero attached hydrogens (tertiary/aromatic N) is 1. The molecule has 1 aromatic rings. The zero-order valence-electron chi connectivity index (χ0n) is 10.4. The minimum Gasteiger partial charge on any atom is -0.481 e. The molecule has 0 spiro atoms. The first-order valence-electron chi connectivity index (χ1n) is 5.55. The molecule has 0 aliphatic heterocycles. The summed E-state index contributed by atoms with van der Waals surface area (Å²) in [5, 5.41) is 9.56. The van der Waals surface area contributed by atoms with Crippen LogP contribution in [0, 0.1) is 5.92 Å². The average Bonchev–Trinajstić information content (AvgIpc) is 2.19. The molecule has 94 valence electrons. The Hall–Kier alpha value is -1.06. The van der Waals surface area contributed by atoms with E-state index < -0.39 is 5.97 Å². The number of carboxylic acid groups (broad SMARTS) is 1. The minimum atomic E-state index is -0.765.